The van der Waals surface area contributed by atoms with E-state index in [0.717, 1.165) is 49.0 Å². The molecule has 1 heterocycles. The predicted octanol–water partition coefficient (Wildman–Crippen LogP) is 3.31. The van der Waals surface area contributed by atoms with Crippen molar-refractivity contribution >= 4 is 11.6 Å². The number of nitrogens with zero attached hydrogens (tertiary/aromatic N) is 1. The summed E-state index contributed by atoms with van der Waals surface area (Å²) in [6.45, 7) is 8.10. The lowest BCUT2D eigenvalue weighted by atomic mass is 10.2. The first-order chi connectivity index (χ1) is 9.81. The molecule has 1 aromatic rings. The number of hydrogen-bond donors (Lipinski definition) is 1. The Morgan fingerprint density at radius 2 is 2.10 bits per heavy atom. The summed E-state index contributed by atoms with van der Waals surface area (Å²) in [5.41, 5.74) is 1.07. The van der Waals surface area contributed by atoms with Gasteiger partial charge in [0.2, 0.25) is 0 Å². The van der Waals surface area contributed by atoms with E-state index in [4.69, 9.17) is 16.3 Å². The van der Waals surface area contributed by atoms with E-state index >= 15 is 0 Å². The van der Waals surface area contributed by atoms with E-state index in [2.05, 4.69) is 17.1 Å². The van der Waals surface area contributed by atoms with Crippen LogP contribution in [0.4, 0.5) is 0 Å². The molecule has 1 aliphatic rings. The van der Waals surface area contributed by atoms with E-state index in [-0.39, 0.29) is 0 Å². The molecule has 0 atom stereocenters. The maximum Gasteiger partial charge on any atom is 0.125 e. The summed E-state index contributed by atoms with van der Waals surface area (Å²) in [7, 11) is 0. The summed E-state index contributed by atoms with van der Waals surface area (Å²) in [5.74, 6) is 0.917. The van der Waals surface area contributed by atoms with Gasteiger partial charge in [0, 0.05) is 23.7 Å². The van der Waals surface area contributed by atoms with Crippen molar-refractivity contribution in [2.75, 3.05) is 32.8 Å². The summed E-state index contributed by atoms with van der Waals surface area (Å²) in [4.78, 5) is 2.46. The average Bonchev–Trinajstić information content (AvgIpc) is 2.95. The molecule has 1 aromatic carbocycles. The Labute approximate surface area is 127 Å². The first-order valence-corrected chi connectivity index (χ1v) is 8.02. The van der Waals surface area contributed by atoms with Crippen LogP contribution >= 0.6 is 11.6 Å². The molecule has 20 heavy (non-hydrogen) atoms. The molecule has 0 spiro atoms. The monoisotopic (exact) mass is 296 g/mol. The fraction of sp³-hybridized carbons (Fsp3) is 0.625. The molecule has 4 heteroatoms. The lowest BCUT2D eigenvalue weighted by Gasteiger charge is -2.17. The molecule has 1 aliphatic heterocycles. The largest absolute Gasteiger partial charge is 0.492 e. The van der Waals surface area contributed by atoms with Crippen LogP contribution in [0, 0.1) is 0 Å². The molecule has 0 aromatic heterocycles. The Bertz CT molecular complexity index is 405. The van der Waals surface area contributed by atoms with Crippen molar-refractivity contribution < 1.29 is 4.74 Å². The minimum absolute atomic E-state index is 0.737. The smallest absolute Gasteiger partial charge is 0.125 e. The minimum atomic E-state index is 0.737. The van der Waals surface area contributed by atoms with Gasteiger partial charge in [0.05, 0.1) is 0 Å². The van der Waals surface area contributed by atoms with Gasteiger partial charge in [0.15, 0.2) is 0 Å². The van der Waals surface area contributed by atoms with Crippen LogP contribution in [-0.4, -0.2) is 37.7 Å². The second kappa shape index (κ2) is 8.50. The Kier molecular flexibility index (Phi) is 6.64. The number of ether oxygens (including phenoxy) is 1. The van der Waals surface area contributed by atoms with Crippen molar-refractivity contribution in [3.05, 3.63) is 28.8 Å². The second-order valence-electron chi connectivity index (χ2n) is 5.29. The van der Waals surface area contributed by atoms with Gasteiger partial charge in [-0.05, 0) is 51.0 Å². The van der Waals surface area contributed by atoms with Gasteiger partial charge in [-0.3, -0.25) is 4.90 Å². The van der Waals surface area contributed by atoms with Crippen LogP contribution in [0.25, 0.3) is 0 Å². The molecule has 0 amide bonds. The summed E-state index contributed by atoms with van der Waals surface area (Å²) in [6, 6.07) is 5.90. The molecule has 0 radical (unpaired) electrons. The zero-order valence-corrected chi connectivity index (χ0v) is 13.1. The van der Waals surface area contributed by atoms with E-state index in [0.29, 0.717) is 0 Å². The second-order valence-corrected chi connectivity index (χ2v) is 5.70. The third-order valence-electron chi connectivity index (χ3n) is 3.67. The van der Waals surface area contributed by atoms with Crippen LogP contribution in [0.2, 0.25) is 5.02 Å². The van der Waals surface area contributed by atoms with Crippen molar-refractivity contribution in [1.29, 1.82) is 0 Å². The molecule has 1 saturated heterocycles. The van der Waals surface area contributed by atoms with Crippen molar-refractivity contribution in [3.8, 4) is 5.75 Å². The van der Waals surface area contributed by atoms with Crippen molar-refractivity contribution in [3.63, 3.8) is 0 Å². The maximum absolute atomic E-state index is 6.28. The lowest BCUT2D eigenvalue weighted by molar-refractivity contribution is 0.236. The molecule has 1 N–H and O–H groups in total. The average molecular weight is 297 g/mol. The van der Waals surface area contributed by atoms with Crippen LogP contribution in [0.3, 0.4) is 0 Å². The Hall–Kier alpha value is -0.770. The molecule has 2 rings (SSSR count). The zero-order valence-electron chi connectivity index (χ0n) is 12.3. The molecule has 3 nitrogen and oxygen atoms in total. The van der Waals surface area contributed by atoms with Gasteiger partial charge in [-0.2, -0.15) is 0 Å². The highest BCUT2D eigenvalue weighted by atomic mass is 35.5. The highest BCUT2D eigenvalue weighted by molar-refractivity contribution is 6.31. The Morgan fingerprint density at radius 3 is 2.85 bits per heavy atom. The number of likely N-dealkylation sites (tertiary alicyclic amines) is 1. The maximum atomic E-state index is 6.28. The van der Waals surface area contributed by atoms with Gasteiger partial charge < -0.3 is 10.1 Å². The molecular weight excluding hydrogens is 272 g/mol. The molecule has 112 valence electrons. The van der Waals surface area contributed by atoms with Gasteiger partial charge in [0.25, 0.3) is 0 Å². The van der Waals surface area contributed by atoms with Gasteiger partial charge in [-0.15, -0.1) is 0 Å². The number of rotatable bonds is 8. The Morgan fingerprint density at radius 1 is 1.30 bits per heavy atom. The number of hydrogen-bond acceptors (Lipinski definition) is 3. The van der Waals surface area contributed by atoms with Crippen molar-refractivity contribution in [2.24, 2.45) is 0 Å². The quantitative estimate of drug-likeness (QED) is 0.745. The van der Waals surface area contributed by atoms with Crippen LogP contribution in [0.15, 0.2) is 18.2 Å². The van der Waals surface area contributed by atoms with Crippen LogP contribution in [0.5, 0.6) is 5.75 Å². The number of nitrogens with one attached hydrogen (secondary N) is 1. The normalized spacial score (nSPS) is 15.7. The topological polar surface area (TPSA) is 24.5 Å². The van der Waals surface area contributed by atoms with Gasteiger partial charge in [-0.1, -0.05) is 24.6 Å². The number of halogens is 1. The molecule has 0 unspecified atom stereocenters. The predicted molar refractivity (Wildman–Crippen MR) is 84.6 cm³/mol. The number of benzene rings is 1. The minimum Gasteiger partial charge on any atom is -0.492 e. The molecule has 0 bridgehead atoms. The Balaban J connectivity index is 1.86. The zero-order chi connectivity index (χ0) is 14.2. The summed E-state index contributed by atoms with van der Waals surface area (Å²) < 4.78 is 5.94. The molecule has 0 aliphatic carbocycles. The third-order valence-corrected chi connectivity index (χ3v) is 4.02. The SMILES string of the molecule is CCCNCc1c(Cl)cccc1OCCN1CCCC1. The molecule has 1 fully saturated rings. The summed E-state index contributed by atoms with van der Waals surface area (Å²) in [6.07, 6.45) is 3.77. The fourth-order valence-electron chi connectivity index (χ4n) is 2.53. The van der Waals surface area contributed by atoms with Gasteiger partial charge in [0.1, 0.15) is 12.4 Å². The highest BCUT2D eigenvalue weighted by Crippen LogP contribution is 2.26. The first kappa shape index (κ1) is 15.6. The molecular formula is C16H25ClN2O. The fourth-order valence-corrected chi connectivity index (χ4v) is 2.76. The lowest BCUT2D eigenvalue weighted by Crippen LogP contribution is -2.25. The summed E-state index contributed by atoms with van der Waals surface area (Å²) in [5, 5.41) is 4.17. The molecule has 0 saturated carbocycles. The van der Waals surface area contributed by atoms with Crippen LogP contribution in [-0.2, 0) is 6.54 Å². The van der Waals surface area contributed by atoms with E-state index in [1.165, 1.54) is 25.9 Å². The van der Waals surface area contributed by atoms with E-state index in [9.17, 15) is 0 Å². The third kappa shape index (κ3) is 4.65. The van der Waals surface area contributed by atoms with Crippen LogP contribution in [0.1, 0.15) is 31.7 Å². The van der Waals surface area contributed by atoms with Crippen molar-refractivity contribution in [2.45, 2.75) is 32.7 Å². The first-order valence-electron chi connectivity index (χ1n) is 7.64. The highest BCUT2D eigenvalue weighted by Gasteiger charge is 2.12. The standard InChI is InChI=1S/C16H25ClN2O/c1-2-8-18-13-14-15(17)6-5-7-16(14)20-12-11-19-9-3-4-10-19/h5-7,18H,2-4,8-13H2,1H3. The van der Waals surface area contributed by atoms with E-state index in [1.54, 1.807) is 0 Å². The van der Waals surface area contributed by atoms with Gasteiger partial charge >= 0.3 is 0 Å². The van der Waals surface area contributed by atoms with Crippen LogP contribution < -0.4 is 10.1 Å². The summed E-state index contributed by atoms with van der Waals surface area (Å²) >= 11 is 6.28. The van der Waals surface area contributed by atoms with E-state index in [1.807, 2.05) is 18.2 Å². The van der Waals surface area contributed by atoms with Gasteiger partial charge in [-0.25, -0.2) is 0 Å². The van der Waals surface area contributed by atoms with E-state index < -0.39 is 0 Å². The van der Waals surface area contributed by atoms with Crippen molar-refractivity contribution in [1.82, 2.24) is 10.2 Å².